The molecule has 0 aliphatic carbocycles. The summed E-state index contributed by atoms with van der Waals surface area (Å²) in [5.74, 6) is 0. The first kappa shape index (κ1) is 15.7. The van der Waals surface area contributed by atoms with E-state index in [1.165, 1.54) is 11.3 Å². The van der Waals surface area contributed by atoms with Crippen molar-refractivity contribution in [3.63, 3.8) is 0 Å². The highest BCUT2D eigenvalue weighted by molar-refractivity contribution is 7.15. The average Bonchev–Trinajstić information content (AvgIpc) is 2.89. The van der Waals surface area contributed by atoms with Crippen LogP contribution in [-0.2, 0) is 22.6 Å². The summed E-state index contributed by atoms with van der Waals surface area (Å²) < 4.78 is 10.8. The molecule has 0 saturated carbocycles. The van der Waals surface area contributed by atoms with Gasteiger partial charge in [0.15, 0.2) is 5.13 Å². The lowest BCUT2D eigenvalue weighted by Gasteiger charge is -2.31. The molecule has 2 heterocycles. The first-order valence-electron chi connectivity index (χ1n) is 7.24. The van der Waals surface area contributed by atoms with Gasteiger partial charge >= 0.3 is 0 Å². The van der Waals surface area contributed by atoms with E-state index in [4.69, 9.17) is 14.5 Å². The minimum absolute atomic E-state index is 0.329. The molecule has 1 atom stereocenters. The van der Waals surface area contributed by atoms with E-state index in [9.17, 15) is 0 Å². The van der Waals surface area contributed by atoms with Gasteiger partial charge < -0.3 is 19.7 Å². The summed E-state index contributed by atoms with van der Waals surface area (Å²) in [5.41, 5.74) is 1.06. The van der Waals surface area contributed by atoms with Gasteiger partial charge in [0.1, 0.15) is 0 Å². The Bertz CT molecular complexity index is 411. The smallest absolute Gasteiger partial charge is 0.186 e. The fraction of sp³-hybridized carbons (Fsp3) is 0.786. The van der Waals surface area contributed by atoms with E-state index in [0.29, 0.717) is 12.7 Å². The Morgan fingerprint density at radius 1 is 1.45 bits per heavy atom. The molecular weight excluding hydrogens is 274 g/mol. The number of thiazole rings is 1. The van der Waals surface area contributed by atoms with Crippen molar-refractivity contribution in [2.75, 3.05) is 38.8 Å². The molecule has 1 aromatic heterocycles. The molecule has 0 aromatic carbocycles. The molecule has 1 saturated heterocycles. The second kappa shape index (κ2) is 7.93. The maximum absolute atomic E-state index is 5.49. The summed E-state index contributed by atoms with van der Waals surface area (Å²) in [5, 5.41) is 4.47. The molecule has 6 heteroatoms. The predicted molar refractivity (Wildman–Crippen MR) is 82.5 cm³/mol. The zero-order chi connectivity index (χ0) is 14.4. The van der Waals surface area contributed by atoms with Crippen molar-refractivity contribution >= 4 is 16.5 Å². The first-order valence-corrected chi connectivity index (χ1v) is 8.06. The van der Waals surface area contributed by atoms with Crippen LogP contribution in [0.3, 0.4) is 0 Å². The third-order valence-electron chi connectivity index (χ3n) is 3.57. The SMILES string of the molecule is CCNCc1sc(N2CCCC(OC)C2)nc1COC. The van der Waals surface area contributed by atoms with Gasteiger partial charge in [-0.2, -0.15) is 0 Å². The minimum atomic E-state index is 0.329. The third-order valence-corrected chi connectivity index (χ3v) is 4.72. The van der Waals surface area contributed by atoms with E-state index in [-0.39, 0.29) is 0 Å². The van der Waals surface area contributed by atoms with Gasteiger partial charge in [-0.1, -0.05) is 6.92 Å². The second-order valence-corrected chi connectivity index (χ2v) is 6.09. The van der Waals surface area contributed by atoms with Crippen LogP contribution in [0.4, 0.5) is 5.13 Å². The lowest BCUT2D eigenvalue weighted by Crippen LogP contribution is -2.39. The fourth-order valence-electron chi connectivity index (χ4n) is 2.44. The van der Waals surface area contributed by atoms with Gasteiger partial charge in [0, 0.05) is 38.7 Å². The second-order valence-electron chi connectivity index (χ2n) is 5.03. The number of nitrogens with zero attached hydrogens (tertiary/aromatic N) is 2. The first-order chi connectivity index (χ1) is 9.78. The maximum atomic E-state index is 5.49. The van der Waals surface area contributed by atoms with Gasteiger partial charge in [-0.15, -0.1) is 11.3 Å². The molecule has 0 radical (unpaired) electrons. The molecule has 0 spiro atoms. The molecule has 114 valence electrons. The third kappa shape index (κ3) is 3.91. The Morgan fingerprint density at radius 3 is 3.00 bits per heavy atom. The van der Waals surface area contributed by atoms with Crippen LogP contribution >= 0.6 is 11.3 Å². The average molecular weight is 299 g/mol. The predicted octanol–water partition coefficient (Wildman–Crippen LogP) is 2.01. The molecule has 1 aliphatic rings. The number of anilines is 1. The molecule has 1 aliphatic heterocycles. The molecule has 20 heavy (non-hydrogen) atoms. The van der Waals surface area contributed by atoms with Crippen molar-refractivity contribution in [3.05, 3.63) is 10.6 Å². The Balaban J connectivity index is 2.10. The molecule has 1 unspecified atom stereocenters. The highest BCUT2D eigenvalue weighted by atomic mass is 32.1. The lowest BCUT2D eigenvalue weighted by molar-refractivity contribution is 0.0893. The van der Waals surface area contributed by atoms with Crippen molar-refractivity contribution in [2.24, 2.45) is 0 Å². The van der Waals surface area contributed by atoms with Crippen LogP contribution in [0.5, 0.6) is 0 Å². The van der Waals surface area contributed by atoms with Gasteiger partial charge in [-0.3, -0.25) is 0 Å². The number of piperidine rings is 1. The Kier molecular flexibility index (Phi) is 6.22. The van der Waals surface area contributed by atoms with Gasteiger partial charge in [-0.25, -0.2) is 4.98 Å². The van der Waals surface area contributed by atoms with Crippen LogP contribution in [0.25, 0.3) is 0 Å². The fourth-order valence-corrected chi connectivity index (χ4v) is 3.50. The summed E-state index contributed by atoms with van der Waals surface area (Å²) in [7, 11) is 3.51. The highest BCUT2D eigenvalue weighted by Crippen LogP contribution is 2.29. The normalized spacial score (nSPS) is 19.6. The Hall–Kier alpha value is -0.690. The van der Waals surface area contributed by atoms with Gasteiger partial charge in [0.2, 0.25) is 0 Å². The molecule has 5 nitrogen and oxygen atoms in total. The van der Waals surface area contributed by atoms with Crippen LogP contribution in [0.15, 0.2) is 0 Å². The van der Waals surface area contributed by atoms with Crippen molar-refractivity contribution in [3.8, 4) is 0 Å². The molecule has 0 bridgehead atoms. The number of ether oxygens (including phenoxy) is 2. The zero-order valence-corrected chi connectivity index (χ0v) is 13.5. The highest BCUT2D eigenvalue weighted by Gasteiger charge is 2.23. The number of hydrogen-bond donors (Lipinski definition) is 1. The van der Waals surface area contributed by atoms with Crippen molar-refractivity contribution in [2.45, 2.75) is 39.0 Å². The summed E-state index contributed by atoms with van der Waals surface area (Å²) >= 11 is 1.78. The maximum Gasteiger partial charge on any atom is 0.186 e. The minimum Gasteiger partial charge on any atom is -0.380 e. The van der Waals surface area contributed by atoms with Gasteiger partial charge in [0.25, 0.3) is 0 Å². The van der Waals surface area contributed by atoms with Crippen LogP contribution in [-0.4, -0.2) is 44.9 Å². The summed E-state index contributed by atoms with van der Waals surface area (Å²) in [6.07, 6.45) is 2.64. The standard InChI is InChI=1S/C14H25N3O2S/c1-4-15-8-13-12(10-18-2)16-14(20-13)17-7-5-6-11(9-17)19-3/h11,15H,4-10H2,1-3H3. The zero-order valence-electron chi connectivity index (χ0n) is 12.6. The summed E-state index contributed by atoms with van der Waals surface area (Å²) in [6, 6.07) is 0. The van der Waals surface area contributed by atoms with Crippen molar-refractivity contribution < 1.29 is 9.47 Å². The van der Waals surface area contributed by atoms with Crippen LogP contribution < -0.4 is 10.2 Å². The van der Waals surface area contributed by atoms with E-state index in [2.05, 4.69) is 17.1 Å². The van der Waals surface area contributed by atoms with Gasteiger partial charge in [0.05, 0.1) is 18.4 Å². The molecule has 1 fully saturated rings. The number of rotatable bonds is 7. The van der Waals surface area contributed by atoms with E-state index >= 15 is 0 Å². The van der Waals surface area contributed by atoms with E-state index in [1.807, 2.05) is 0 Å². The van der Waals surface area contributed by atoms with E-state index in [0.717, 1.165) is 43.4 Å². The van der Waals surface area contributed by atoms with Crippen LogP contribution in [0.1, 0.15) is 30.3 Å². The summed E-state index contributed by atoms with van der Waals surface area (Å²) in [6.45, 7) is 6.55. The molecule has 1 aromatic rings. The number of hydrogen-bond acceptors (Lipinski definition) is 6. The Morgan fingerprint density at radius 2 is 2.30 bits per heavy atom. The lowest BCUT2D eigenvalue weighted by atomic mass is 10.1. The quantitative estimate of drug-likeness (QED) is 0.834. The molecule has 1 N–H and O–H groups in total. The summed E-state index contributed by atoms with van der Waals surface area (Å²) in [4.78, 5) is 8.39. The topological polar surface area (TPSA) is 46.6 Å². The van der Waals surface area contributed by atoms with Crippen LogP contribution in [0, 0.1) is 0 Å². The molecule has 2 rings (SSSR count). The van der Waals surface area contributed by atoms with Crippen molar-refractivity contribution in [1.29, 1.82) is 0 Å². The largest absolute Gasteiger partial charge is 0.380 e. The van der Waals surface area contributed by atoms with E-state index < -0.39 is 0 Å². The van der Waals surface area contributed by atoms with Crippen LogP contribution in [0.2, 0.25) is 0 Å². The van der Waals surface area contributed by atoms with Crippen molar-refractivity contribution in [1.82, 2.24) is 10.3 Å². The Labute approximate surface area is 125 Å². The van der Waals surface area contributed by atoms with Gasteiger partial charge in [-0.05, 0) is 19.4 Å². The number of nitrogens with one attached hydrogen (secondary N) is 1. The van der Waals surface area contributed by atoms with E-state index in [1.54, 1.807) is 25.6 Å². The number of aromatic nitrogens is 1. The number of methoxy groups -OCH3 is 2. The molecular formula is C14H25N3O2S. The molecule has 0 amide bonds. The monoisotopic (exact) mass is 299 g/mol.